The number of aromatic nitrogens is 2. The van der Waals surface area contributed by atoms with Crippen molar-refractivity contribution in [3.8, 4) is 11.3 Å². The van der Waals surface area contributed by atoms with Crippen LogP contribution < -0.4 is 5.32 Å². The van der Waals surface area contributed by atoms with Gasteiger partial charge in [-0.2, -0.15) is 0 Å². The van der Waals surface area contributed by atoms with Gasteiger partial charge in [0, 0.05) is 33.7 Å². The average Bonchev–Trinajstić information content (AvgIpc) is 3.05. The van der Waals surface area contributed by atoms with Crippen LogP contribution >= 0.6 is 38.9 Å². The van der Waals surface area contributed by atoms with E-state index in [2.05, 4.69) is 31.2 Å². The van der Waals surface area contributed by atoms with Crippen LogP contribution in [0.2, 0.25) is 5.15 Å². The van der Waals surface area contributed by atoms with Gasteiger partial charge >= 0.3 is 0 Å². The summed E-state index contributed by atoms with van der Waals surface area (Å²) in [5.74, 6) is -0.446. The number of thiazole rings is 1. The van der Waals surface area contributed by atoms with Crippen molar-refractivity contribution in [2.45, 2.75) is 0 Å². The van der Waals surface area contributed by atoms with Crippen molar-refractivity contribution in [1.82, 2.24) is 9.97 Å². The fourth-order valence-electron chi connectivity index (χ4n) is 1.99. The number of rotatable bonds is 4. The molecule has 0 aliphatic carbocycles. The summed E-state index contributed by atoms with van der Waals surface area (Å²) >= 11 is 10.4. The molecule has 0 atom stereocenters. The number of nitrogens with zero attached hydrogens (tertiary/aromatic N) is 3. The van der Waals surface area contributed by atoms with Crippen LogP contribution in [0.1, 0.15) is 10.4 Å². The molecule has 10 heteroatoms. The zero-order valence-electron chi connectivity index (χ0n) is 12.3. The van der Waals surface area contributed by atoms with E-state index in [1.807, 2.05) is 0 Å². The van der Waals surface area contributed by atoms with Crippen LogP contribution in [0.15, 0.2) is 46.4 Å². The fraction of sp³-hybridized carbons (Fsp3) is 0. The lowest BCUT2D eigenvalue weighted by atomic mass is 10.1. The molecule has 3 rings (SSSR count). The van der Waals surface area contributed by atoms with Gasteiger partial charge < -0.3 is 0 Å². The van der Waals surface area contributed by atoms with Crippen molar-refractivity contribution >= 4 is 55.6 Å². The monoisotopic (exact) mass is 438 g/mol. The number of nitro groups is 1. The first kappa shape index (κ1) is 17.5. The Hall–Kier alpha value is -2.36. The molecule has 0 radical (unpaired) electrons. The number of benzene rings is 1. The molecule has 0 aliphatic rings. The summed E-state index contributed by atoms with van der Waals surface area (Å²) in [5.41, 5.74) is 1.31. The molecule has 0 bridgehead atoms. The van der Waals surface area contributed by atoms with Gasteiger partial charge in [-0.25, -0.2) is 9.97 Å². The lowest BCUT2D eigenvalue weighted by molar-refractivity contribution is -0.384. The summed E-state index contributed by atoms with van der Waals surface area (Å²) in [4.78, 5) is 30.9. The summed E-state index contributed by atoms with van der Waals surface area (Å²) in [7, 11) is 0. The molecule has 2 heterocycles. The number of halogens is 2. The number of amides is 1. The van der Waals surface area contributed by atoms with Crippen LogP contribution in [-0.4, -0.2) is 20.8 Å². The highest BCUT2D eigenvalue weighted by molar-refractivity contribution is 9.10. The van der Waals surface area contributed by atoms with Gasteiger partial charge in [-0.3, -0.25) is 20.2 Å². The summed E-state index contributed by atoms with van der Waals surface area (Å²) in [5, 5.41) is 15.6. The third kappa shape index (κ3) is 4.01. The topological polar surface area (TPSA) is 98.0 Å². The Morgan fingerprint density at radius 3 is 2.92 bits per heavy atom. The molecule has 7 nitrogen and oxygen atoms in total. The number of anilines is 1. The first-order valence-corrected chi connectivity index (χ1v) is 8.82. The van der Waals surface area contributed by atoms with E-state index in [0.717, 1.165) is 0 Å². The van der Waals surface area contributed by atoms with Gasteiger partial charge in [0.2, 0.25) is 0 Å². The van der Waals surface area contributed by atoms with Crippen molar-refractivity contribution in [3.05, 3.63) is 67.2 Å². The van der Waals surface area contributed by atoms with Crippen molar-refractivity contribution in [2.75, 3.05) is 5.32 Å². The fourth-order valence-corrected chi connectivity index (χ4v) is 3.22. The molecule has 0 saturated heterocycles. The second kappa shape index (κ2) is 7.26. The Labute approximate surface area is 159 Å². The molecule has 1 N–H and O–H groups in total. The maximum Gasteiger partial charge on any atom is 0.270 e. The molecular formula is C15H8BrClN4O3S. The van der Waals surface area contributed by atoms with Gasteiger partial charge in [-0.1, -0.05) is 23.7 Å². The van der Waals surface area contributed by atoms with Gasteiger partial charge in [0.1, 0.15) is 5.15 Å². The quantitative estimate of drug-likeness (QED) is 0.358. The molecule has 0 spiro atoms. The van der Waals surface area contributed by atoms with Crippen molar-refractivity contribution < 1.29 is 9.72 Å². The zero-order chi connectivity index (χ0) is 18.0. The largest absolute Gasteiger partial charge is 0.298 e. The predicted molar refractivity (Wildman–Crippen MR) is 99.1 cm³/mol. The third-order valence-electron chi connectivity index (χ3n) is 3.13. The number of hydrogen-bond acceptors (Lipinski definition) is 6. The summed E-state index contributed by atoms with van der Waals surface area (Å²) in [6, 6.07) is 7.68. The minimum absolute atomic E-state index is 0.0249. The van der Waals surface area contributed by atoms with Crippen LogP contribution in [0, 0.1) is 10.1 Å². The molecule has 0 aliphatic heterocycles. The van der Waals surface area contributed by atoms with Crippen molar-refractivity contribution in [1.29, 1.82) is 0 Å². The Kier molecular flexibility index (Phi) is 5.07. The first-order valence-electron chi connectivity index (χ1n) is 6.77. The summed E-state index contributed by atoms with van der Waals surface area (Å²) in [6.07, 6.45) is 1.49. The van der Waals surface area contributed by atoms with E-state index in [0.29, 0.717) is 20.9 Å². The van der Waals surface area contributed by atoms with E-state index in [1.165, 1.54) is 29.7 Å². The van der Waals surface area contributed by atoms with Gasteiger partial charge in [-0.15, -0.1) is 11.3 Å². The lowest BCUT2D eigenvalue weighted by Gasteiger charge is -2.04. The van der Waals surface area contributed by atoms with E-state index in [1.54, 1.807) is 23.6 Å². The Morgan fingerprint density at radius 1 is 1.36 bits per heavy atom. The zero-order valence-corrected chi connectivity index (χ0v) is 15.4. The Balaban J connectivity index is 1.82. The SMILES string of the molecule is O=C(Nc1nc(-c2cccc([N+](=O)[O-])c2)cs1)c1cc(Br)cnc1Cl. The number of carbonyl (C=O) groups is 1. The molecule has 0 unspecified atom stereocenters. The summed E-state index contributed by atoms with van der Waals surface area (Å²) in [6.45, 7) is 0. The smallest absolute Gasteiger partial charge is 0.270 e. The molecule has 2 aromatic heterocycles. The molecule has 1 aromatic carbocycles. The first-order chi connectivity index (χ1) is 11.9. The minimum atomic E-state index is -0.471. The number of nitrogens with one attached hydrogen (secondary N) is 1. The van der Waals surface area contributed by atoms with Crippen molar-refractivity contribution in [2.24, 2.45) is 0 Å². The molecule has 1 amide bonds. The van der Waals surface area contributed by atoms with Gasteiger partial charge in [0.05, 0.1) is 16.2 Å². The molecular weight excluding hydrogens is 432 g/mol. The summed E-state index contributed by atoms with van der Waals surface area (Å²) < 4.78 is 0.624. The minimum Gasteiger partial charge on any atom is -0.298 e. The second-order valence-electron chi connectivity index (χ2n) is 4.79. The molecule has 126 valence electrons. The number of hydrogen-bond donors (Lipinski definition) is 1. The van der Waals surface area contributed by atoms with Gasteiger partial charge in [0.25, 0.3) is 11.6 Å². The lowest BCUT2D eigenvalue weighted by Crippen LogP contribution is -2.12. The van der Waals surface area contributed by atoms with E-state index < -0.39 is 10.8 Å². The highest BCUT2D eigenvalue weighted by Gasteiger charge is 2.15. The van der Waals surface area contributed by atoms with Crippen LogP contribution in [0.25, 0.3) is 11.3 Å². The van der Waals surface area contributed by atoms with Gasteiger partial charge in [-0.05, 0) is 22.0 Å². The van der Waals surface area contributed by atoms with E-state index >= 15 is 0 Å². The van der Waals surface area contributed by atoms with Crippen molar-refractivity contribution in [3.63, 3.8) is 0 Å². The van der Waals surface area contributed by atoms with Crippen LogP contribution in [-0.2, 0) is 0 Å². The maximum absolute atomic E-state index is 12.3. The van der Waals surface area contributed by atoms with Crippen LogP contribution in [0.4, 0.5) is 10.8 Å². The normalized spacial score (nSPS) is 10.5. The number of nitro benzene ring substituents is 1. The Morgan fingerprint density at radius 2 is 2.16 bits per heavy atom. The highest BCUT2D eigenvalue weighted by atomic mass is 79.9. The number of carbonyl (C=O) groups excluding carboxylic acids is 1. The highest BCUT2D eigenvalue weighted by Crippen LogP contribution is 2.28. The maximum atomic E-state index is 12.3. The Bertz CT molecular complexity index is 979. The molecule has 0 saturated carbocycles. The van der Waals surface area contributed by atoms with E-state index in [4.69, 9.17) is 11.6 Å². The third-order valence-corrected chi connectivity index (χ3v) is 4.62. The molecule has 3 aromatic rings. The number of pyridine rings is 1. The average molecular weight is 440 g/mol. The second-order valence-corrected chi connectivity index (χ2v) is 6.92. The predicted octanol–water partition coefficient (Wildman–Crippen LogP) is 4.78. The van der Waals surface area contributed by atoms with E-state index in [9.17, 15) is 14.9 Å². The standard InChI is InChI=1S/C15H8BrClN4O3S/c16-9-5-11(13(17)18-6-9)14(22)20-15-19-12(7-25-15)8-2-1-3-10(4-8)21(23)24/h1-7H,(H,19,20,22). The molecule has 0 fully saturated rings. The van der Waals surface area contributed by atoms with Gasteiger partial charge in [0.15, 0.2) is 5.13 Å². The number of non-ortho nitro benzene ring substituents is 1. The van der Waals surface area contributed by atoms with Crippen LogP contribution in [0.5, 0.6) is 0 Å². The molecule has 25 heavy (non-hydrogen) atoms. The van der Waals surface area contributed by atoms with Crippen LogP contribution in [0.3, 0.4) is 0 Å². The van der Waals surface area contributed by atoms with E-state index in [-0.39, 0.29) is 16.4 Å².